The maximum absolute atomic E-state index is 5.87. The van der Waals surface area contributed by atoms with Crippen molar-refractivity contribution in [3.8, 4) is 11.5 Å². The van der Waals surface area contributed by atoms with Crippen LogP contribution >= 0.6 is 0 Å². The molecule has 164 valence electrons. The number of ether oxygens (including phenoxy) is 2. The first-order valence-corrected chi connectivity index (χ1v) is 10.2. The predicted octanol–water partition coefficient (Wildman–Crippen LogP) is 2.79. The third-order valence-corrected chi connectivity index (χ3v) is 4.96. The first-order valence-electron chi connectivity index (χ1n) is 10.2. The van der Waals surface area contributed by atoms with Gasteiger partial charge >= 0.3 is 0 Å². The fourth-order valence-corrected chi connectivity index (χ4v) is 2.90. The van der Waals surface area contributed by atoms with E-state index in [1.807, 2.05) is 68.1 Å². The van der Waals surface area contributed by atoms with Crippen LogP contribution in [0.1, 0.15) is 17.2 Å². The maximum Gasteiger partial charge on any atom is 0.194 e. The zero-order chi connectivity index (χ0) is 22.1. The Morgan fingerprint density at radius 2 is 1.77 bits per heavy atom. The summed E-state index contributed by atoms with van der Waals surface area (Å²) in [5.74, 6) is 4.12. The number of hydrogen-bond acceptors (Lipinski definition) is 5. The van der Waals surface area contributed by atoms with E-state index < -0.39 is 0 Å². The van der Waals surface area contributed by atoms with E-state index in [-0.39, 0.29) is 0 Å². The summed E-state index contributed by atoms with van der Waals surface area (Å²) in [6.45, 7) is 4.26. The highest BCUT2D eigenvalue weighted by Crippen LogP contribution is 2.16. The molecule has 8 heteroatoms. The molecule has 0 aliphatic carbocycles. The summed E-state index contributed by atoms with van der Waals surface area (Å²) in [7, 11) is 5.60. The van der Waals surface area contributed by atoms with Gasteiger partial charge in [-0.2, -0.15) is 0 Å². The third kappa shape index (κ3) is 6.47. The Labute approximate surface area is 183 Å². The van der Waals surface area contributed by atoms with Crippen LogP contribution in [0.3, 0.4) is 0 Å². The fraction of sp³-hybridized carbons (Fsp3) is 0.348. The summed E-state index contributed by atoms with van der Waals surface area (Å²) in [4.78, 5) is 6.85. The minimum Gasteiger partial charge on any atom is -0.497 e. The molecule has 1 N–H and O–H groups in total. The largest absolute Gasteiger partial charge is 0.497 e. The van der Waals surface area contributed by atoms with Gasteiger partial charge in [-0.05, 0) is 36.8 Å². The maximum atomic E-state index is 5.87. The van der Waals surface area contributed by atoms with Crippen LogP contribution in [0.25, 0.3) is 0 Å². The van der Waals surface area contributed by atoms with Crippen LogP contribution in [-0.2, 0) is 20.1 Å². The van der Waals surface area contributed by atoms with Crippen LogP contribution in [-0.4, -0.2) is 52.9 Å². The number of aryl methyl sites for hydroxylation is 1. The summed E-state index contributed by atoms with van der Waals surface area (Å²) in [5.41, 5.74) is 1.15. The lowest BCUT2D eigenvalue weighted by atomic mass is 10.2. The highest BCUT2D eigenvalue weighted by Gasteiger charge is 2.10. The van der Waals surface area contributed by atoms with Crippen LogP contribution in [0.4, 0.5) is 0 Å². The molecule has 2 aromatic carbocycles. The van der Waals surface area contributed by atoms with Gasteiger partial charge in [0.25, 0.3) is 0 Å². The van der Waals surface area contributed by atoms with Crippen LogP contribution < -0.4 is 14.8 Å². The quantitative estimate of drug-likeness (QED) is 0.422. The van der Waals surface area contributed by atoms with Gasteiger partial charge in [0, 0.05) is 14.1 Å². The van der Waals surface area contributed by atoms with Crippen molar-refractivity contribution in [1.29, 1.82) is 0 Å². The van der Waals surface area contributed by atoms with Crippen molar-refractivity contribution >= 4 is 5.96 Å². The second kappa shape index (κ2) is 11.0. The molecule has 0 radical (unpaired) electrons. The molecule has 0 fully saturated rings. The average molecular weight is 423 g/mol. The molecule has 1 heterocycles. The van der Waals surface area contributed by atoms with Crippen LogP contribution in [0, 0.1) is 6.92 Å². The number of nitrogens with one attached hydrogen (secondary N) is 1. The zero-order valence-electron chi connectivity index (χ0n) is 18.6. The van der Waals surface area contributed by atoms with Crippen molar-refractivity contribution in [3.05, 3.63) is 71.8 Å². The minimum absolute atomic E-state index is 0.526. The Morgan fingerprint density at radius 3 is 2.42 bits per heavy atom. The Bertz CT molecular complexity index is 969. The Morgan fingerprint density at radius 1 is 1.06 bits per heavy atom. The van der Waals surface area contributed by atoms with Crippen LogP contribution in [0.15, 0.2) is 59.6 Å². The Kier molecular flexibility index (Phi) is 7.86. The molecule has 0 unspecified atom stereocenters. The number of aliphatic imine (C=N–C) groups is 1. The first kappa shape index (κ1) is 22.1. The van der Waals surface area contributed by atoms with E-state index >= 15 is 0 Å². The number of guanidine groups is 1. The van der Waals surface area contributed by atoms with E-state index in [9.17, 15) is 0 Å². The van der Waals surface area contributed by atoms with E-state index in [4.69, 9.17) is 14.5 Å². The first-order chi connectivity index (χ1) is 15.1. The standard InChI is InChI=1S/C23H30N6O2/c1-18-26-27-22(29(18)3)17-25-23(24-16-19-8-6-5-7-9-19)28(2)14-15-31-21-12-10-20(30-4)11-13-21/h5-13H,14-17H2,1-4H3,(H,24,25). The third-order valence-electron chi connectivity index (χ3n) is 4.96. The molecular weight excluding hydrogens is 392 g/mol. The van der Waals surface area contributed by atoms with Gasteiger partial charge in [0.15, 0.2) is 11.8 Å². The van der Waals surface area contributed by atoms with Gasteiger partial charge in [0.1, 0.15) is 23.9 Å². The monoisotopic (exact) mass is 422 g/mol. The molecule has 0 bridgehead atoms. The van der Waals surface area contributed by atoms with Crippen LogP contribution in [0.5, 0.6) is 11.5 Å². The lowest BCUT2D eigenvalue weighted by molar-refractivity contribution is 0.280. The van der Waals surface area contributed by atoms with Gasteiger partial charge in [0.05, 0.1) is 26.7 Å². The Balaban J connectivity index is 1.61. The second-order valence-electron chi connectivity index (χ2n) is 7.15. The molecule has 0 atom stereocenters. The van der Waals surface area contributed by atoms with Crippen molar-refractivity contribution in [1.82, 2.24) is 25.0 Å². The zero-order valence-corrected chi connectivity index (χ0v) is 18.6. The van der Waals surface area contributed by atoms with Gasteiger partial charge in [0.2, 0.25) is 0 Å². The molecular formula is C23H30N6O2. The molecule has 0 saturated heterocycles. The minimum atomic E-state index is 0.526. The van der Waals surface area contributed by atoms with Gasteiger partial charge in [-0.1, -0.05) is 30.3 Å². The van der Waals surface area contributed by atoms with Crippen LogP contribution in [0.2, 0.25) is 0 Å². The lowest BCUT2D eigenvalue weighted by Crippen LogP contribution is -2.41. The summed E-state index contributed by atoms with van der Waals surface area (Å²) < 4.78 is 13.0. The highest BCUT2D eigenvalue weighted by atomic mass is 16.5. The molecule has 0 spiro atoms. The second-order valence-corrected chi connectivity index (χ2v) is 7.15. The van der Waals surface area contributed by atoms with Crippen molar-refractivity contribution in [2.45, 2.75) is 20.0 Å². The van der Waals surface area contributed by atoms with Crippen molar-refractivity contribution in [3.63, 3.8) is 0 Å². The normalized spacial score (nSPS) is 11.3. The van der Waals surface area contributed by atoms with Crippen molar-refractivity contribution < 1.29 is 9.47 Å². The smallest absolute Gasteiger partial charge is 0.194 e. The summed E-state index contributed by atoms with van der Waals surface area (Å²) in [6, 6.07) is 17.8. The van der Waals surface area contributed by atoms with E-state index in [1.165, 1.54) is 0 Å². The molecule has 31 heavy (non-hydrogen) atoms. The number of benzene rings is 2. The van der Waals surface area contributed by atoms with Crippen molar-refractivity contribution in [2.24, 2.45) is 12.0 Å². The van der Waals surface area contributed by atoms with E-state index in [2.05, 4.69) is 32.5 Å². The molecule has 8 nitrogen and oxygen atoms in total. The average Bonchev–Trinajstić information content (AvgIpc) is 3.12. The summed E-state index contributed by atoms with van der Waals surface area (Å²) >= 11 is 0. The number of methoxy groups -OCH3 is 1. The SMILES string of the molecule is COc1ccc(OCCN(C)C(=NCc2ccccc2)NCc2nnc(C)n2C)cc1. The van der Waals surface area contributed by atoms with Gasteiger partial charge < -0.3 is 24.3 Å². The fourth-order valence-electron chi connectivity index (χ4n) is 2.90. The number of nitrogens with zero attached hydrogens (tertiary/aromatic N) is 5. The van der Waals surface area contributed by atoms with Gasteiger partial charge in [-0.25, -0.2) is 4.99 Å². The van der Waals surface area contributed by atoms with Crippen molar-refractivity contribution in [2.75, 3.05) is 27.3 Å². The number of rotatable bonds is 9. The molecule has 0 aliphatic rings. The predicted molar refractivity (Wildman–Crippen MR) is 121 cm³/mol. The number of hydrogen-bond donors (Lipinski definition) is 1. The van der Waals surface area contributed by atoms with E-state index in [1.54, 1.807) is 7.11 Å². The molecule has 3 rings (SSSR count). The summed E-state index contributed by atoms with van der Waals surface area (Å²) in [5, 5.41) is 11.7. The highest BCUT2D eigenvalue weighted by molar-refractivity contribution is 5.79. The van der Waals surface area contributed by atoms with Gasteiger partial charge in [-0.15, -0.1) is 10.2 Å². The molecule has 0 amide bonds. The summed E-state index contributed by atoms with van der Waals surface area (Å²) in [6.07, 6.45) is 0. The molecule has 3 aromatic rings. The molecule has 1 aromatic heterocycles. The molecule has 0 aliphatic heterocycles. The number of aromatic nitrogens is 3. The lowest BCUT2D eigenvalue weighted by Gasteiger charge is -2.22. The topological polar surface area (TPSA) is 76.8 Å². The van der Waals surface area contributed by atoms with Gasteiger partial charge in [-0.3, -0.25) is 0 Å². The van der Waals surface area contributed by atoms with E-state index in [0.717, 1.165) is 34.7 Å². The Hall–Kier alpha value is -3.55. The molecule has 0 saturated carbocycles. The number of likely N-dealkylation sites (N-methyl/N-ethyl adjacent to an activating group) is 1. The van der Waals surface area contributed by atoms with E-state index in [0.29, 0.717) is 26.2 Å².